The summed E-state index contributed by atoms with van der Waals surface area (Å²) >= 11 is 0. The van der Waals surface area contributed by atoms with Gasteiger partial charge in [-0.1, -0.05) is 0 Å². The number of fused-ring (bicyclic) bond motifs is 1. The number of aryl methyl sites for hydroxylation is 1. The highest BCUT2D eigenvalue weighted by molar-refractivity contribution is 5.52. The number of rotatable bonds is 1. The fourth-order valence-electron chi connectivity index (χ4n) is 3.09. The molecule has 86 valence electrons. The number of anilines is 1. The number of pyridine rings is 1. The van der Waals surface area contributed by atoms with Crippen LogP contribution in [0.2, 0.25) is 0 Å². The molecule has 1 aromatic rings. The highest BCUT2D eigenvalue weighted by Crippen LogP contribution is 2.29. The van der Waals surface area contributed by atoms with E-state index in [0.717, 1.165) is 12.0 Å². The standard InChI is InChI=1S/C13H19N3/c1-10-8-14-5-3-13(10)16-7-4-12-11(9-16)2-6-15-12/h3,5,8,11-12,15H,2,4,6-7,9H2,1H3. The van der Waals surface area contributed by atoms with Gasteiger partial charge in [0.15, 0.2) is 0 Å². The summed E-state index contributed by atoms with van der Waals surface area (Å²) in [6, 6.07) is 2.93. The summed E-state index contributed by atoms with van der Waals surface area (Å²) in [6.07, 6.45) is 6.49. The van der Waals surface area contributed by atoms with Crippen molar-refractivity contribution in [1.29, 1.82) is 0 Å². The summed E-state index contributed by atoms with van der Waals surface area (Å²) in [7, 11) is 0. The van der Waals surface area contributed by atoms with Gasteiger partial charge in [-0.05, 0) is 43.9 Å². The Bertz CT molecular complexity index is 377. The summed E-state index contributed by atoms with van der Waals surface area (Å²) < 4.78 is 0. The average molecular weight is 217 g/mol. The van der Waals surface area contributed by atoms with Crippen LogP contribution in [0, 0.1) is 12.8 Å². The minimum Gasteiger partial charge on any atom is -0.371 e. The second-order valence-corrected chi connectivity index (χ2v) is 5.01. The van der Waals surface area contributed by atoms with Gasteiger partial charge < -0.3 is 10.2 Å². The van der Waals surface area contributed by atoms with E-state index in [9.17, 15) is 0 Å². The SMILES string of the molecule is Cc1cnccc1N1CCC2NCCC2C1. The molecule has 2 aliphatic heterocycles. The van der Waals surface area contributed by atoms with Crippen LogP contribution < -0.4 is 10.2 Å². The Morgan fingerprint density at radius 2 is 2.38 bits per heavy atom. The van der Waals surface area contributed by atoms with Crippen molar-refractivity contribution in [2.75, 3.05) is 24.5 Å². The molecule has 2 atom stereocenters. The minimum atomic E-state index is 0.776. The van der Waals surface area contributed by atoms with Crippen LogP contribution in [0.4, 0.5) is 5.69 Å². The molecule has 0 radical (unpaired) electrons. The second kappa shape index (κ2) is 4.06. The Morgan fingerprint density at radius 1 is 1.44 bits per heavy atom. The summed E-state index contributed by atoms with van der Waals surface area (Å²) in [5.41, 5.74) is 2.67. The number of hydrogen-bond donors (Lipinski definition) is 1. The fourth-order valence-corrected chi connectivity index (χ4v) is 3.09. The molecule has 2 aliphatic rings. The summed E-state index contributed by atoms with van der Waals surface area (Å²) in [6.45, 7) is 5.75. The third-order valence-corrected chi connectivity index (χ3v) is 3.99. The summed E-state index contributed by atoms with van der Waals surface area (Å²) in [5, 5.41) is 3.61. The van der Waals surface area contributed by atoms with E-state index in [4.69, 9.17) is 0 Å². The van der Waals surface area contributed by atoms with Crippen LogP contribution in [-0.4, -0.2) is 30.7 Å². The summed E-state index contributed by atoms with van der Waals surface area (Å²) in [4.78, 5) is 6.70. The zero-order valence-electron chi connectivity index (χ0n) is 9.82. The number of aromatic nitrogens is 1. The summed E-state index contributed by atoms with van der Waals surface area (Å²) in [5.74, 6) is 0.848. The van der Waals surface area contributed by atoms with Gasteiger partial charge in [0, 0.05) is 37.2 Å². The number of nitrogens with one attached hydrogen (secondary N) is 1. The molecule has 0 spiro atoms. The Morgan fingerprint density at radius 3 is 3.25 bits per heavy atom. The first-order valence-electron chi connectivity index (χ1n) is 6.23. The lowest BCUT2D eigenvalue weighted by Crippen LogP contribution is -2.44. The Hall–Kier alpha value is -1.09. The van der Waals surface area contributed by atoms with E-state index < -0.39 is 0 Å². The fraction of sp³-hybridized carbons (Fsp3) is 0.615. The molecule has 3 nitrogen and oxygen atoms in total. The van der Waals surface area contributed by atoms with Gasteiger partial charge in [-0.15, -0.1) is 0 Å². The average Bonchev–Trinajstić information content (AvgIpc) is 2.76. The first kappa shape index (κ1) is 10.1. The van der Waals surface area contributed by atoms with Crippen LogP contribution in [0.5, 0.6) is 0 Å². The molecule has 0 aliphatic carbocycles. The van der Waals surface area contributed by atoms with Gasteiger partial charge in [0.25, 0.3) is 0 Å². The smallest absolute Gasteiger partial charge is 0.0426 e. The van der Waals surface area contributed by atoms with Gasteiger partial charge in [-0.2, -0.15) is 0 Å². The van der Waals surface area contributed by atoms with Crippen molar-refractivity contribution in [2.45, 2.75) is 25.8 Å². The Balaban J connectivity index is 1.79. The van der Waals surface area contributed by atoms with Crippen molar-refractivity contribution in [1.82, 2.24) is 10.3 Å². The molecule has 0 bridgehead atoms. The molecule has 2 unspecified atom stereocenters. The molecule has 0 amide bonds. The molecule has 2 fully saturated rings. The molecule has 3 heteroatoms. The molecule has 3 heterocycles. The van der Waals surface area contributed by atoms with Gasteiger partial charge in [0.1, 0.15) is 0 Å². The molecular formula is C13H19N3. The maximum Gasteiger partial charge on any atom is 0.0426 e. The lowest BCUT2D eigenvalue weighted by atomic mass is 9.93. The molecule has 0 saturated carbocycles. The van der Waals surface area contributed by atoms with Crippen LogP contribution in [0.15, 0.2) is 18.5 Å². The van der Waals surface area contributed by atoms with Gasteiger partial charge in [-0.3, -0.25) is 4.98 Å². The molecule has 2 saturated heterocycles. The molecule has 1 N–H and O–H groups in total. The maximum absolute atomic E-state index is 4.17. The zero-order chi connectivity index (χ0) is 11.0. The van der Waals surface area contributed by atoms with E-state index in [2.05, 4.69) is 28.2 Å². The lowest BCUT2D eigenvalue weighted by Gasteiger charge is -2.37. The number of nitrogens with zero attached hydrogens (tertiary/aromatic N) is 2. The van der Waals surface area contributed by atoms with Crippen LogP contribution in [0.1, 0.15) is 18.4 Å². The predicted octanol–water partition coefficient (Wildman–Crippen LogP) is 1.58. The van der Waals surface area contributed by atoms with Crippen molar-refractivity contribution in [3.63, 3.8) is 0 Å². The molecule has 16 heavy (non-hydrogen) atoms. The minimum absolute atomic E-state index is 0.776. The van der Waals surface area contributed by atoms with E-state index >= 15 is 0 Å². The highest BCUT2D eigenvalue weighted by atomic mass is 15.2. The van der Waals surface area contributed by atoms with E-state index in [1.165, 1.54) is 43.7 Å². The normalized spacial score (nSPS) is 29.2. The maximum atomic E-state index is 4.17. The monoisotopic (exact) mass is 217 g/mol. The lowest BCUT2D eigenvalue weighted by molar-refractivity contribution is 0.376. The number of hydrogen-bond acceptors (Lipinski definition) is 3. The van der Waals surface area contributed by atoms with Crippen molar-refractivity contribution in [3.05, 3.63) is 24.0 Å². The van der Waals surface area contributed by atoms with Crippen molar-refractivity contribution < 1.29 is 0 Å². The van der Waals surface area contributed by atoms with Gasteiger partial charge in [0.05, 0.1) is 0 Å². The van der Waals surface area contributed by atoms with E-state index in [0.29, 0.717) is 0 Å². The first-order valence-corrected chi connectivity index (χ1v) is 6.23. The molecular weight excluding hydrogens is 198 g/mol. The van der Waals surface area contributed by atoms with Crippen LogP contribution in [0.3, 0.4) is 0 Å². The first-order chi connectivity index (χ1) is 7.84. The van der Waals surface area contributed by atoms with E-state index in [-0.39, 0.29) is 0 Å². The van der Waals surface area contributed by atoms with Crippen molar-refractivity contribution in [2.24, 2.45) is 5.92 Å². The topological polar surface area (TPSA) is 28.2 Å². The molecule has 1 aromatic heterocycles. The zero-order valence-corrected chi connectivity index (χ0v) is 9.82. The highest BCUT2D eigenvalue weighted by Gasteiger charge is 2.32. The third kappa shape index (κ3) is 1.69. The largest absolute Gasteiger partial charge is 0.371 e. The van der Waals surface area contributed by atoms with Crippen molar-refractivity contribution >= 4 is 5.69 Å². The third-order valence-electron chi connectivity index (χ3n) is 3.99. The van der Waals surface area contributed by atoms with Gasteiger partial charge in [0.2, 0.25) is 0 Å². The van der Waals surface area contributed by atoms with Crippen LogP contribution in [0.25, 0.3) is 0 Å². The number of piperidine rings is 1. The molecule has 3 rings (SSSR count). The Labute approximate surface area is 96.9 Å². The Kier molecular flexibility index (Phi) is 2.56. The van der Waals surface area contributed by atoms with E-state index in [1.54, 1.807) is 0 Å². The van der Waals surface area contributed by atoms with E-state index in [1.807, 2.05) is 12.4 Å². The predicted molar refractivity (Wildman–Crippen MR) is 65.7 cm³/mol. The van der Waals surface area contributed by atoms with Gasteiger partial charge in [-0.25, -0.2) is 0 Å². The van der Waals surface area contributed by atoms with Crippen LogP contribution >= 0.6 is 0 Å². The quantitative estimate of drug-likeness (QED) is 0.774. The molecule has 0 aromatic carbocycles. The van der Waals surface area contributed by atoms with Crippen LogP contribution in [-0.2, 0) is 0 Å². The van der Waals surface area contributed by atoms with Crippen molar-refractivity contribution in [3.8, 4) is 0 Å². The second-order valence-electron chi connectivity index (χ2n) is 5.01. The van der Waals surface area contributed by atoms with Gasteiger partial charge >= 0.3 is 0 Å².